The summed E-state index contributed by atoms with van der Waals surface area (Å²) in [5, 5.41) is 27.3. The van der Waals surface area contributed by atoms with Gasteiger partial charge in [-0.3, -0.25) is 4.79 Å². The van der Waals surface area contributed by atoms with E-state index in [4.69, 9.17) is 61.7 Å². The number of carbonyl (C=O) groups excluding carboxylic acids is 1. The third-order valence-corrected chi connectivity index (χ3v) is 3.59. The van der Waals surface area contributed by atoms with Crippen LogP contribution in [0.1, 0.15) is 15.9 Å². The minimum Gasteiger partial charge on any atom is -0.505 e. The molecule has 0 saturated carbocycles. The first kappa shape index (κ1) is 18.9. The Labute approximate surface area is 146 Å². The number of benzene rings is 2. The molecule has 0 aliphatic heterocycles. The molecule has 0 heterocycles. The summed E-state index contributed by atoms with van der Waals surface area (Å²) in [4.78, 5) is 10.2. The van der Waals surface area contributed by atoms with Crippen LogP contribution in [0.3, 0.4) is 0 Å². The lowest BCUT2D eigenvalue weighted by atomic mass is 10.2. The highest BCUT2D eigenvalue weighted by Gasteiger charge is 2.05. The van der Waals surface area contributed by atoms with Gasteiger partial charge in [-0.2, -0.15) is 0 Å². The third kappa shape index (κ3) is 4.93. The second-order valence-corrected chi connectivity index (χ2v) is 5.65. The van der Waals surface area contributed by atoms with Gasteiger partial charge in [0.25, 0.3) is 0 Å². The average Bonchev–Trinajstić information content (AvgIpc) is 2.49. The van der Waals surface area contributed by atoms with Gasteiger partial charge >= 0.3 is 0 Å². The lowest BCUT2D eigenvalue weighted by Gasteiger charge is -2.01. The zero-order valence-corrected chi connectivity index (χ0v) is 13.9. The maximum atomic E-state index is 10.2. The van der Waals surface area contributed by atoms with Crippen LogP contribution in [0.5, 0.6) is 11.5 Å². The van der Waals surface area contributed by atoms with E-state index in [-0.39, 0.29) is 38.2 Å². The summed E-state index contributed by atoms with van der Waals surface area (Å²) in [6, 6.07) is 5.61. The van der Waals surface area contributed by atoms with Crippen LogP contribution in [0.25, 0.3) is 0 Å². The van der Waals surface area contributed by atoms with Gasteiger partial charge in [-0.1, -0.05) is 46.4 Å². The molecule has 4 nitrogen and oxygen atoms in total. The molecule has 0 aliphatic carbocycles. The molecule has 0 atom stereocenters. The van der Waals surface area contributed by atoms with E-state index in [1.807, 2.05) is 0 Å². The Morgan fingerprint density at radius 2 is 1.18 bits per heavy atom. The summed E-state index contributed by atoms with van der Waals surface area (Å²) in [6.45, 7) is -0.139. The molecule has 0 bridgehead atoms. The maximum absolute atomic E-state index is 10.2. The summed E-state index contributed by atoms with van der Waals surface area (Å²) >= 11 is 22.1. The zero-order chi connectivity index (χ0) is 16.9. The number of rotatable bonds is 2. The van der Waals surface area contributed by atoms with Crippen LogP contribution in [0, 0.1) is 0 Å². The highest BCUT2D eigenvalue weighted by molar-refractivity contribution is 6.37. The number of phenols is 2. The van der Waals surface area contributed by atoms with Gasteiger partial charge in [0.05, 0.1) is 26.7 Å². The summed E-state index contributed by atoms with van der Waals surface area (Å²) in [7, 11) is 0. The van der Waals surface area contributed by atoms with Crippen LogP contribution in [-0.2, 0) is 6.61 Å². The molecule has 0 spiro atoms. The number of halogens is 4. The Kier molecular flexibility index (Phi) is 7.26. The van der Waals surface area contributed by atoms with Crippen molar-refractivity contribution in [3.8, 4) is 11.5 Å². The van der Waals surface area contributed by atoms with Crippen LogP contribution in [-0.4, -0.2) is 21.6 Å². The van der Waals surface area contributed by atoms with Gasteiger partial charge < -0.3 is 15.3 Å². The fraction of sp³-hybridized carbons (Fsp3) is 0.0714. The summed E-state index contributed by atoms with van der Waals surface area (Å²) in [6.07, 6.45) is 0.608. The molecule has 0 radical (unpaired) electrons. The zero-order valence-electron chi connectivity index (χ0n) is 10.9. The second-order valence-electron chi connectivity index (χ2n) is 4.02. The third-order valence-electron chi connectivity index (χ3n) is 2.43. The van der Waals surface area contributed by atoms with Crippen molar-refractivity contribution >= 4 is 52.7 Å². The van der Waals surface area contributed by atoms with E-state index in [2.05, 4.69) is 0 Å². The SMILES string of the molecule is O=Cc1cc(Cl)c(O)c(Cl)c1.OCc1cc(Cl)c(O)c(Cl)c1. The molecular weight excluding hydrogens is 374 g/mol. The molecular formula is C14H10Cl4O4. The van der Waals surface area contributed by atoms with Crippen molar-refractivity contribution in [2.75, 3.05) is 0 Å². The molecule has 0 fully saturated rings. The van der Waals surface area contributed by atoms with Crippen molar-refractivity contribution < 1.29 is 20.1 Å². The molecule has 0 amide bonds. The van der Waals surface area contributed by atoms with E-state index in [0.717, 1.165) is 0 Å². The van der Waals surface area contributed by atoms with E-state index in [1.54, 1.807) is 0 Å². The summed E-state index contributed by atoms with van der Waals surface area (Å²) < 4.78 is 0. The van der Waals surface area contributed by atoms with Gasteiger partial charge in [0, 0.05) is 5.56 Å². The Morgan fingerprint density at radius 3 is 1.50 bits per heavy atom. The van der Waals surface area contributed by atoms with Crippen LogP contribution < -0.4 is 0 Å². The largest absolute Gasteiger partial charge is 0.505 e. The van der Waals surface area contributed by atoms with Crippen LogP contribution >= 0.6 is 46.4 Å². The number of aliphatic hydroxyl groups excluding tert-OH is 1. The standard InChI is InChI=1S/C7H6Cl2O2.C7H4Cl2O2/c2*8-5-1-4(3-10)2-6(9)7(5)11/h1-2,10-11H,3H2;1-3,11H. The van der Waals surface area contributed by atoms with E-state index in [0.29, 0.717) is 17.4 Å². The predicted molar refractivity (Wildman–Crippen MR) is 87.6 cm³/mol. The lowest BCUT2D eigenvalue weighted by molar-refractivity contribution is 0.112. The topological polar surface area (TPSA) is 77.8 Å². The van der Waals surface area contributed by atoms with Crippen LogP contribution in [0.4, 0.5) is 0 Å². The highest BCUT2D eigenvalue weighted by Crippen LogP contribution is 2.33. The number of carbonyl (C=O) groups is 1. The fourth-order valence-corrected chi connectivity index (χ4v) is 2.40. The lowest BCUT2D eigenvalue weighted by Crippen LogP contribution is -1.83. The summed E-state index contributed by atoms with van der Waals surface area (Å²) in [5.41, 5.74) is 0.926. The fourth-order valence-electron chi connectivity index (χ4n) is 1.36. The van der Waals surface area contributed by atoms with Gasteiger partial charge in [0.1, 0.15) is 6.29 Å². The first-order chi connectivity index (χ1) is 10.3. The van der Waals surface area contributed by atoms with Crippen LogP contribution in [0.15, 0.2) is 24.3 Å². The smallest absolute Gasteiger partial charge is 0.152 e. The van der Waals surface area contributed by atoms with Crippen molar-refractivity contribution in [2.24, 2.45) is 0 Å². The molecule has 0 aromatic heterocycles. The predicted octanol–water partition coefficient (Wildman–Crippen LogP) is 4.70. The number of hydrogen-bond donors (Lipinski definition) is 3. The van der Waals surface area contributed by atoms with Crippen molar-refractivity contribution in [1.29, 1.82) is 0 Å². The van der Waals surface area contributed by atoms with Gasteiger partial charge in [-0.05, 0) is 29.8 Å². The molecule has 22 heavy (non-hydrogen) atoms. The summed E-state index contributed by atoms with van der Waals surface area (Å²) in [5.74, 6) is -0.343. The number of phenolic OH excluding ortho intramolecular Hbond substituents is 2. The quantitative estimate of drug-likeness (QED) is 0.656. The van der Waals surface area contributed by atoms with Crippen molar-refractivity contribution in [3.05, 3.63) is 55.5 Å². The maximum Gasteiger partial charge on any atom is 0.152 e. The number of aliphatic hydroxyl groups is 1. The van der Waals surface area contributed by atoms with E-state index < -0.39 is 0 Å². The van der Waals surface area contributed by atoms with E-state index in [1.165, 1.54) is 24.3 Å². The Balaban J connectivity index is 0.000000220. The number of aromatic hydroxyl groups is 2. The van der Waals surface area contributed by atoms with Gasteiger partial charge in [-0.15, -0.1) is 0 Å². The first-order valence-electron chi connectivity index (χ1n) is 5.71. The van der Waals surface area contributed by atoms with Gasteiger partial charge in [0.2, 0.25) is 0 Å². The highest BCUT2D eigenvalue weighted by atomic mass is 35.5. The van der Waals surface area contributed by atoms with Gasteiger partial charge in [0.15, 0.2) is 11.5 Å². The van der Waals surface area contributed by atoms with Crippen molar-refractivity contribution in [2.45, 2.75) is 6.61 Å². The molecule has 0 unspecified atom stereocenters. The van der Waals surface area contributed by atoms with Crippen molar-refractivity contribution in [3.63, 3.8) is 0 Å². The Morgan fingerprint density at radius 1 is 0.818 bits per heavy atom. The molecule has 118 valence electrons. The Hall–Kier alpha value is -1.17. The molecule has 8 heteroatoms. The second kappa shape index (κ2) is 8.46. The van der Waals surface area contributed by atoms with Crippen molar-refractivity contribution in [1.82, 2.24) is 0 Å². The average molecular weight is 384 g/mol. The molecule has 3 N–H and O–H groups in total. The number of hydrogen-bond acceptors (Lipinski definition) is 4. The molecule has 2 rings (SSSR count). The minimum absolute atomic E-state index is 0.0830. The molecule has 0 saturated heterocycles. The van der Waals surface area contributed by atoms with Gasteiger partial charge in [-0.25, -0.2) is 0 Å². The molecule has 2 aromatic carbocycles. The van der Waals surface area contributed by atoms with E-state index >= 15 is 0 Å². The molecule has 2 aromatic rings. The first-order valence-corrected chi connectivity index (χ1v) is 7.22. The minimum atomic E-state index is -0.195. The van der Waals surface area contributed by atoms with E-state index in [9.17, 15) is 4.79 Å². The number of aldehydes is 1. The molecule has 0 aliphatic rings. The normalized spacial score (nSPS) is 9.86. The van der Waals surface area contributed by atoms with Crippen LogP contribution in [0.2, 0.25) is 20.1 Å². The Bertz CT molecular complexity index is 643. The monoisotopic (exact) mass is 382 g/mol.